The summed E-state index contributed by atoms with van der Waals surface area (Å²) in [5.41, 5.74) is 0.984. The fourth-order valence-corrected chi connectivity index (χ4v) is 3.81. The van der Waals surface area contributed by atoms with Crippen LogP contribution in [0, 0.1) is 6.92 Å². The monoisotopic (exact) mass is 375 g/mol. The number of fused-ring (bicyclic) bond motifs is 1. The Morgan fingerprint density at radius 3 is 2.54 bits per heavy atom. The predicted molar refractivity (Wildman–Crippen MR) is 97.2 cm³/mol. The Hall–Kier alpha value is -2.54. The molecule has 6 nitrogen and oxygen atoms in total. The molecule has 2 aromatic carbocycles. The zero-order chi connectivity index (χ0) is 18.6. The van der Waals surface area contributed by atoms with Crippen LogP contribution in [0.2, 0.25) is 0 Å². The number of carbonyl (C=O) groups excluding carboxylic acids is 1. The van der Waals surface area contributed by atoms with E-state index in [0.717, 1.165) is 5.56 Å². The number of para-hydroxylation sites is 2. The fourth-order valence-electron chi connectivity index (χ4n) is 2.57. The zero-order valence-electron chi connectivity index (χ0n) is 14.5. The van der Waals surface area contributed by atoms with E-state index in [-0.39, 0.29) is 35.6 Å². The molecule has 7 heteroatoms. The minimum Gasteiger partial charge on any atom is -0.486 e. The number of aryl methyl sites for hydroxylation is 1. The van der Waals surface area contributed by atoms with Crippen molar-refractivity contribution in [3.63, 3.8) is 0 Å². The van der Waals surface area contributed by atoms with Gasteiger partial charge in [-0.15, -0.1) is 0 Å². The van der Waals surface area contributed by atoms with E-state index < -0.39 is 9.84 Å². The molecule has 1 aliphatic rings. The maximum Gasteiger partial charge on any atom is 0.221 e. The normalized spacial score (nSPS) is 16.1. The van der Waals surface area contributed by atoms with Crippen molar-refractivity contribution in [1.29, 1.82) is 0 Å². The van der Waals surface area contributed by atoms with Crippen molar-refractivity contribution >= 4 is 15.7 Å². The van der Waals surface area contributed by atoms with Crippen molar-refractivity contribution in [2.45, 2.75) is 24.3 Å². The van der Waals surface area contributed by atoms with Gasteiger partial charge >= 0.3 is 0 Å². The van der Waals surface area contributed by atoms with Gasteiger partial charge in [-0.3, -0.25) is 4.79 Å². The summed E-state index contributed by atoms with van der Waals surface area (Å²) in [6, 6.07) is 13.9. The van der Waals surface area contributed by atoms with Gasteiger partial charge in [-0.25, -0.2) is 8.42 Å². The van der Waals surface area contributed by atoms with E-state index in [9.17, 15) is 13.2 Å². The molecule has 0 bridgehead atoms. The first kappa shape index (κ1) is 18.3. The summed E-state index contributed by atoms with van der Waals surface area (Å²) in [4.78, 5) is 12.2. The topological polar surface area (TPSA) is 81.7 Å². The van der Waals surface area contributed by atoms with Gasteiger partial charge in [0, 0.05) is 6.42 Å². The lowest BCUT2D eigenvalue weighted by Gasteiger charge is -2.26. The number of amides is 1. The van der Waals surface area contributed by atoms with E-state index in [1.54, 1.807) is 30.3 Å². The molecule has 1 atom stereocenters. The maximum atomic E-state index is 12.3. The average Bonchev–Trinajstić information content (AvgIpc) is 2.65. The highest BCUT2D eigenvalue weighted by molar-refractivity contribution is 7.91. The molecule has 1 amide bonds. The first-order valence-electron chi connectivity index (χ1n) is 8.39. The van der Waals surface area contributed by atoms with Gasteiger partial charge in [0.2, 0.25) is 5.91 Å². The minimum atomic E-state index is -3.47. The molecule has 0 saturated carbocycles. The molecule has 1 heterocycles. The van der Waals surface area contributed by atoms with Crippen molar-refractivity contribution in [1.82, 2.24) is 5.32 Å². The average molecular weight is 375 g/mol. The van der Waals surface area contributed by atoms with Crippen LogP contribution in [0.25, 0.3) is 0 Å². The standard InChI is InChI=1S/C19H21NO5S/c1-14-6-8-16(9-7-14)26(22,23)11-10-19(21)20-12-15-13-24-17-4-2-3-5-18(17)25-15/h2-9,15H,10-13H2,1H3,(H,20,21)/t15-/m1/s1. The number of carbonyl (C=O) groups is 1. The number of sulfone groups is 1. The predicted octanol–water partition coefficient (Wildman–Crippen LogP) is 2.12. The SMILES string of the molecule is Cc1ccc(S(=O)(=O)CCC(=O)NC[C@@H]2COc3ccccc3O2)cc1. The largest absolute Gasteiger partial charge is 0.486 e. The summed E-state index contributed by atoms with van der Waals surface area (Å²) < 4.78 is 35.9. The van der Waals surface area contributed by atoms with E-state index >= 15 is 0 Å². The Balaban J connectivity index is 1.47. The summed E-state index contributed by atoms with van der Waals surface area (Å²) in [5, 5.41) is 2.71. The Kier molecular flexibility index (Phi) is 5.46. The van der Waals surface area contributed by atoms with Gasteiger partial charge in [-0.1, -0.05) is 29.8 Å². The molecule has 138 valence electrons. The van der Waals surface area contributed by atoms with Gasteiger partial charge in [0.1, 0.15) is 12.7 Å². The van der Waals surface area contributed by atoms with Crippen molar-refractivity contribution in [3.05, 3.63) is 54.1 Å². The van der Waals surface area contributed by atoms with E-state index in [0.29, 0.717) is 18.1 Å². The van der Waals surface area contributed by atoms with E-state index in [4.69, 9.17) is 9.47 Å². The van der Waals surface area contributed by atoms with E-state index in [2.05, 4.69) is 5.32 Å². The molecule has 1 aliphatic heterocycles. The molecular weight excluding hydrogens is 354 g/mol. The lowest BCUT2D eigenvalue weighted by atomic mass is 10.2. The molecule has 0 aromatic heterocycles. The highest BCUT2D eigenvalue weighted by Crippen LogP contribution is 2.30. The minimum absolute atomic E-state index is 0.0969. The second kappa shape index (κ2) is 7.78. The highest BCUT2D eigenvalue weighted by atomic mass is 32.2. The zero-order valence-corrected chi connectivity index (χ0v) is 15.3. The van der Waals surface area contributed by atoms with Gasteiger partial charge in [0.25, 0.3) is 0 Å². The van der Waals surface area contributed by atoms with Crippen LogP contribution in [-0.2, 0) is 14.6 Å². The first-order valence-corrected chi connectivity index (χ1v) is 10.0. The molecule has 0 unspecified atom stereocenters. The van der Waals surface area contributed by atoms with Crippen LogP contribution >= 0.6 is 0 Å². The Morgan fingerprint density at radius 1 is 1.12 bits per heavy atom. The molecule has 3 rings (SSSR count). The molecule has 0 saturated heterocycles. The molecule has 0 fully saturated rings. The number of benzene rings is 2. The third kappa shape index (κ3) is 4.54. The Labute approximate surface area is 153 Å². The number of hydrogen-bond donors (Lipinski definition) is 1. The first-order chi connectivity index (χ1) is 12.4. The summed E-state index contributed by atoms with van der Waals surface area (Å²) in [6.07, 6.45) is -0.400. The summed E-state index contributed by atoms with van der Waals surface area (Å²) in [5.74, 6) is 0.759. The lowest BCUT2D eigenvalue weighted by molar-refractivity contribution is -0.121. The second-order valence-corrected chi connectivity index (χ2v) is 8.29. The van der Waals surface area contributed by atoms with Crippen LogP contribution in [0.3, 0.4) is 0 Å². The van der Waals surface area contributed by atoms with Crippen LogP contribution in [0.4, 0.5) is 0 Å². The molecule has 2 aromatic rings. The summed E-state index contributed by atoms with van der Waals surface area (Å²) >= 11 is 0. The van der Waals surface area contributed by atoms with Crippen LogP contribution in [0.1, 0.15) is 12.0 Å². The highest BCUT2D eigenvalue weighted by Gasteiger charge is 2.22. The number of rotatable bonds is 6. The summed E-state index contributed by atoms with van der Waals surface area (Å²) in [6.45, 7) is 2.48. The van der Waals surface area contributed by atoms with E-state index in [1.165, 1.54) is 0 Å². The second-order valence-electron chi connectivity index (χ2n) is 6.18. The lowest BCUT2D eigenvalue weighted by Crippen LogP contribution is -2.41. The molecule has 1 N–H and O–H groups in total. The number of hydrogen-bond acceptors (Lipinski definition) is 5. The fraction of sp³-hybridized carbons (Fsp3) is 0.316. The van der Waals surface area contributed by atoms with Crippen LogP contribution in [-0.4, -0.2) is 39.3 Å². The van der Waals surface area contributed by atoms with Crippen LogP contribution < -0.4 is 14.8 Å². The molecule has 0 aliphatic carbocycles. The van der Waals surface area contributed by atoms with Gasteiger partial charge in [0.15, 0.2) is 21.3 Å². The Bertz CT molecular complexity index is 877. The van der Waals surface area contributed by atoms with Gasteiger partial charge < -0.3 is 14.8 Å². The third-order valence-electron chi connectivity index (χ3n) is 4.07. The smallest absolute Gasteiger partial charge is 0.221 e. The summed E-state index contributed by atoms with van der Waals surface area (Å²) in [7, 11) is -3.47. The number of ether oxygens (including phenoxy) is 2. The van der Waals surface area contributed by atoms with Crippen molar-refractivity contribution in [2.24, 2.45) is 0 Å². The molecule has 0 spiro atoms. The molecule has 0 radical (unpaired) electrons. The van der Waals surface area contributed by atoms with Crippen LogP contribution in [0.5, 0.6) is 11.5 Å². The van der Waals surface area contributed by atoms with Crippen molar-refractivity contribution in [2.75, 3.05) is 18.9 Å². The van der Waals surface area contributed by atoms with Gasteiger partial charge in [-0.05, 0) is 31.2 Å². The van der Waals surface area contributed by atoms with Crippen molar-refractivity contribution < 1.29 is 22.7 Å². The third-order valence-corrected chi connectivity index (χ3v) is 5.80. The van der Waals surface area contributed by atoms with Gasteiger partial charge in [0.05, 0.1) is 17.2 Å². The molecule has 26 heavy (non-hydrogen) atoms. The van der Waals surface area contributed by atoms with Crippen LogP contribution in [0.15, 0.2) is 53.4 Å². The quantitative estimate of drug-likeness (QED) is 0.836. The molecular formula is C19H21NO5S. The Morgan fingerprint density at radius 2 is 1.81 bits per heavy atom. The van der Waals surface area contributed by atoms with Gasteiger partial charge in [-0.2, -0.15) is 0 Å². The number of nitrogens with one attached hydrogen (secondary N) is 1. The van der Waals surface area contributed by atoms with E-state index in [1.807, 2.05) is 25.1 Å². The van der Waals surface area contributed by atoms with Crippen molar-refractivity contribution in [3.8, 4) is 11.5 Å². The maximum absolute atomic E-state index is 12.3.